The second-order valence-electron chi connectivity index (χ2n) is 7.95. The Bertz CT molecular complexity index is 1070. The molecule has 0 fully saturated rings. The van der Waals surface area contributed by atoms with Crippen molar-refractivity contribution in [3.8, 4) is 0 Å². The maximum absolute atomic E-state index is 13.3. The van der Waals surface area contributed by atoms with Gasteiger partial charge in [0.15, 0.2) is 0 Å². The third-order valence-electron chi connectivity index (χ3n) is 6.12. The molecule has 0 bridgehead atoms. The maximum atomic E-state index is 13.3. The first kappa shape index (κ1) is 28.0. The quantitative estimate of drug-likeness (QED) is 0.332. The average molecular weight is 528 g/mol. The lowest BCUT2D eigenvalue weighted by Crippen LogP contribution is -2.34. The Morgan fingerprint density at radius 2 is 1.32 bits per heavy atom. The number of amides is 2. The first-order valence-electron chi connectivity index (χ1n) is 10.8. The van der Waals surface area contributed by atoms with Crippen molar-refractivity contribution in [1.82, 2.24) is 0 Å². The molecule has 0 saturated heterocycles. The van der Waals surface area contributed by atoms with Gasteiger partial charge in [0.25, 0.3) is 11.8 Å². The predicted octanol–water partition coefficient (Wildman–Crippen LogP) is 5.02. The van der Waals surface area contributed by atoms with Gasteiger partial charge in [-0.15, -0.1) is 22.7 Å². The molecule has 0 saturated carbocycles. The van der Waals surface area contributed by atoms with Gasteiger partial charge >= 0.3 is 11.9 Å². The fourth-order valence-corrected chi connectivity index (χ4v) is 9.08. The molecule has 2 aromatic rings. The van der Waals surface area contributed by atoms with Crippen LogP contribution < -0.4 is 10.6 Å². The summed E-state index contributed by atoms with van der Waals surface area (Å²) in [4.78, 5) is 51.3. The molecule has 0 spiro atoms. The molecular weight excluding hydrogens is 495 g/mol. The highest BCUT2D eigenvalue weighted by Gasteiger charge is 2.46. The van der Waals surface area contributed by atoms with Gasteiger partial charge in [0, 0.05) is 7.26 Å². The summed E-state index contributed by atoms with van der Waals surface area (Å²) in [6.07, 6.45) is 1.60. The van der Waals surface area contributed by atoms with Gasteiger partial charge in [0.05, 0.1) is 37.9 Å². The Labute approximate surface area is 208 Å². The van der Waals surface area contributed by atoms with Gasteiger partial charge in [-0.2, -0.15) is 0 Å². The fraction of sp³-hybridized carbons (Fsp3) is 0.478. The molecule has 0 aliphatic rings. The summed E-state index contributed by atoms with van der Waals surface area (Å²) < 4.78 is 9.65. The van der Waals surface area contributed by atoms with E-state index in [4.69, 9.17) is 9.47 Å². The highest BCUT2D eigenvalue weighted by Crippen LogP contribution is 2.62. The number of hydrogen-bond donors (Lipinski definition) is 2. The van der Waals surface area contributed by atoms with Crippen molar-refractivity contribution in [2.45, 2.75) is 40.3 Å². The van der Waals surface area contributed by atoms with Crippen LogP contribution in [-0.2, 0) is 19.1 Å². The van der Waals surface area contributed by atoms with Gasteiger partial charge in [-0.25, -0.2) is 9.59 Å². The Morgan fingerprint density at radius 3 is 1.74 bits per heavy atom. The van der Waals surface area contributed by atoms with E-state index in [9.17, 15) is 19.2 Å². The fourth-order valence-electron chi connectivity index (χ4n) is 3.76. The van der Waals surface area contributed by atoms with Crippen LogP contribution in [0.25, 0.3) is 0 Å². The minimum absolute atomic E-state index is 0.205. The van der Waals surface area contributed by atoms with Crippen LogP contribution in [-0.4, -0.2) is 62.1 Å². The molecule has 1 unspecified atom stereocenters. The number of ether oxygens (including phenoxy) is 2. The molecule has 2 rings (SSSR count). The Balaban J connectivity index is 2.24. The molecule has 2 amide bonds. The summed E-state index contributed by atoms with van der Waals surface area (Å²) in [6, 6.07) is 0. The number of hydrogen-bond acceptors (Lipinski definition) is 8. The van der Waals surface area contributed by atoms with Gasteiger partial charge in [-0.05, 0) is 56.5 Å². The monoisotopic (exact) mass is 527 g/mol. The summed E-state index contributed by atoms with van der Waals surface area (Å²) in [5.41, 5.74) is 2.07. The molecule has 8 nitrogen and oxygen atoms in total. The smallest absolute Gasteiger partial charge is 0.350 e. The average Bonchev–Trinajstić information content (AvgIpc) is 3.38. The van der Waals surface area contributed by atoms with E-state index in [2.05, 4.69) is 10.6 Å². The van der Waals surface area contributed by atoms with Crippen LogP contribution in [0.4, 0.5) is 11.4 Å². The molecule has 0 aliphatic heterocycles. The summed E-state index contributed by atoms with van der Waals surface area (Å²) in [7, 11) is 0.532. The number of methoxy groups -OCH3 is 2. The number of anilines is 2. The molecule has 186 valence electrons. The number of nitrogens with one attached hydrogen (secondary N) is 2. The van der Waals surface area contributed by atoms with Crippen LogP contribution >= 0.6 is 29.9 Å². The number of aryl methyl sites for hydroxylation is 2. The van der Waals surface area contributed by atoms with Crippen LogP contribution in [0.3, 0.4) is 0 Å². The Kier molecular flexibility index (Phi) is 9.79. The third-order valence-corrected chi connectivity index (χ3v) is 13.6. The zero-order chi connectivity index (χ0) is 25.6. The highest BCUT2D eigenvalue weighted by molar-refractivity contribution is 7.78. The normalized spacial score (nSPS) is 12.1. The van der Waals surface area contributed by atoms with E-state index < -0.39 is 24.9 Å². The van der Waals surface area contributed by atoms with Crippen molar-refractivity contribution in [1.29, 1.82) is 0 Å². The summed E-state index contributed by atoms with van der Waals surface area (Å²) >= 11 is 2.44. The second-order valence-corrected chi connectivity index (χ2v) is 14.5. The minimum atomic E-state index is -2.07. The van der Waals surface area contributed by atoms with Crippen LogP contribution in [0.2, 0.25) is 0 Å². The summed E-state index contributed by atoms with van der Waals surface area (Å²) in [6.45, 7) is 9.48. The molecule has 2 N–H and O–H groups in total. The van der Waals surface area contributed by atoms with E-state index in [-0.39, 0.29) is 18.0 Å². The number of rotatable bonds is 10. The zero-order valence-corrected chi connectivity index (χ0v) is 23.1. The number of thiophene rings is 2. The largest absolute Gasteiger partial charge is 0.465 e. The van der Waals surface area contributed by atoms with Gasteiger partial charge in [0.2, 0.25) is 0 Å². The lowest BCUT2D eigenvalue weighted by Gasteiger charge is -2.30. The Hall–Kier alpha value is -2.29. The minimum Gasteiger partial charge on any atom is -0.465 e. The predicted molar refractivity (Wildman–Crippen MR) is 140 cm³/mol. The van der Waals surface area contributed by atoms with Crippen LogP contribution in [0.5, 0.6) is 0 Å². The van der Waals surface area contributed by atoms with Crippen molar-refractivity contribution in [3.63, 3.8) is 0 Å². The second kappa shape index (κ2) is 11.9. The van der Waals surface area contributed by atoms with Gasteiger partial charge in [-0.1, -0.05) is 0 Å². The number of esters is 2. The van der Waals surface area contributed by atoms with E-state index in [1.807, 2.05) is 34.6 Å². The molecule has 0 aromatic carbocycles. The first-order chi connectivity index (χ1) is 16.0. The van der Waals surface area contributed by atoms with Crippen molar-refractivity contribution < 1.29 is 28.7 Å². The molecule has 0 aliphatic carbocycles. The molecule has 11 heteroatoms. The van der Waals surface area contributed by atoms with E-state index in [1.54, 1.807) is 10.8 Å². The third kappa shape index (κ3) is 5.85. The van der Waals surface area contributed by atoms with Crippen molar-refractivity contribution in [3.05, 3.63) is 31.6 Å². The van der Waals surface area contributed by atoms with E-state index in [0.717, 1.165) is 11.1 Å². The van der Waals surface area contributed by atoms with E-state index in [0.29, 0.717) is 33.5 Å². The molecular formula is C23H32N2O6PS2+. The molecule has 2 heterocycles. The number of carbonyl (C=O) groups excluding carboxylic acids is 4. The zero-order valence-electron chi connectivity index (χ0n) is 20.6. The molecule has 2 aromatic heterocycles. The Morgan fingerprint density at radius 1 is 0.882 bits per heavy atom. The van der Waals surface area contributed by atoms with Crippen LogP contribution in [0.1, 0.15) is 51.2 Å². The van der Waals surface area contributed by atoms with Crippen LogP contribution in [0, 0.1) is 13.8 Å². The molecule has 0 radical (unpaired) electrons. The molecule has 34 heavy (non-hydrogen) atoms. The lowest BCUT2D eigenvalue weighted by atomic mass is 10.2. The van der Waals surface area contributed by atoms with Crippen molar-refractivity contribution >= 4 is 65.1 Å². The standard InChI is InChI=1S/C23H31N2O6PS2/c1-8-32(9-2,10-16(26)24-17-13(3)11-33-19(17)22(28)30-6)15(5)21(27)25-18-14(4)12-34-20(18)23(29)31-7/h11-12,15H,8-10H2,1-7H3,(H-,24,25,26,27,28,29)/p+1. The summed E-state index contributed by atoms with van der Waals surface area (Å²) in [5, 5.41) is 9.39. The van der Waals surface area contributed by atoms with E-state index in [1.165, 1.54) is 36.9 Å². The van der Waals surface area contributed by atoms with Gasteiger partial charge < -0.3 is 20.1 Å². The first-order valence-corrected chi connectivity index (χ1v) is 15.0. The maximum Gasteiger partial charge on any atom is 0.350 e. The van der Waals surface area contributed by atoms with Crippen LogP contribution in [0.15, 0.2) is 10.8 Å². The van der Waals surface area contributed by atoms with Crippen molar-refractivity contribution in [2.24, 2.45) is 0 Å². The topological polar surface area (TPSA) is 111 Å². The van der Waals surface area contributed by atoms with Gasteiger partial charge in [0.1, 0.15) is 21.6 Å². The summed E-state index contributed by atoms with van der Waals surface area (Å²) in [5.74, 6) is -1.45. The SMILES string of the molecule is CC[P+](CC)(CC(=O)Nc1c(C)csc1C(=O)OC)C(C)C(=O)Nc1c(C)csc1C(=O)OC. The van der Waals surface area contributed by atoms with Gasteiger partial charge in [-0.3, -0.25) is 9.59 Å². The lowest BCUT2D eigenvalue weighted by molar-refractivity contribution is -0.115. The number of carbonyl (C=O) groups is 4. The van der Waals surface area contributed by atoms with Crippen molar-refractivity contribution in [2.75, 3.05) is 43.3 Å². The highest BCUT2D eigenvalue weighted by atomic mass is 32.1. The molecule has 1 atom stereocenters. The van der Waals surface area contributed by atoms with E-state index >= 15 is 0 Å².